The summed E-state index contributed by atoms with van der Waals surface area (Å²) in [5, 5.41) is 13.8. The first-order valence-electron chi connectivity index (χ1n) is 19.6. The summed E-state index contributed by atoms with van der Waals surface area (Å²) < 4.78 is 8.79. The van der Waals surface area contributed by atoms with Crippen LogP contribution >= 0.6 is 0 Å². The molecule has 0 bridgehead atoms. The Morgan fingerprint density at radius 3 is 1.93 bits per heavy atom. The first-order valence-corrected chi connectivity index (χ1v) is 19.6. The number of aliphatic imine (C=N–C) groups is 1. The number of carbonyl (C=O) groups excluding carboxylic acids is 1. The molecule has 0 saturated heterocycles. The lowest BCUT2D eigenvalue weighted by Crippen LogP contribution is -2.39. The van der Waals surface area contributed by atoms with E-state index in [9.17, 15) is 9.59 Å². The number of ether oxygens (including phenoxy) is 1. The van der Waals surface area contributed by atoms with Crippen LogP contribution in [-0.4, -0.2) is 68.1 Å². The van der Waals surface area contributed by atoms with Crippen LogP contribution in [0.5, 0.6) is 0 Å². The fourth-order valence-corrected chi connectivity index (χ4v) is 7.55. The second kappa shape index (κ2) is 18.5. The number of hydrogen-bond acceptors (Lipinski definition) is 8. The molecule has 0 aliphatic carbocycles. The topological polar surface area (TPSA) is 120 Å². The zero-order valence-corrected chi connectivity index (χ0v) is 33.6. The second-order valence-electron chi connectivity index (χ2n) is 14.4. The largest absolute Gasteiger partial charge is 0.369 e. The van der Waals surface area contributed by atoms with Gasteiger partial charge in [-0.2, -0.15) is 0 Å². The molecule has 1 atom stereocenters. The van der Waals surface area contributed by atoms with Gasteiger partial charge < -0.3 is 9.64 Å². The van der Waals surface area contributed by atoms with Crippen molar-refractivity contribution in [2.45, 2.75) is 44.4 Å². The van der Waals surface area contributed by atoms with Gasteiger partial charge in [-0.25, -0.2) is 24.0 Å². The molecule has 0 N–H and O–H groups in total. The van der Waals surface area contributed by atoms with Crippen LogP contribution in [0.1, 0.15) is 59.5 Å². The molecule has 0 amide bonds. The van der Waals surface area contributed by atoms with Gasteiger partial charge in [0.1, 0.15) is 11.5 Å². The van der Waals surface area contributed by atoms with E-state index in [4.69, 9.17) is 20.0 Å². The molecule has 1 unspecified atom stereocenters. The third kappa shape index (κ3) is 8.20. The lowest BCUT2D eigenvalue weighted by Gasteiger charge is -2.36. The van der Waals surface area contributed by atoms with E-state index in [2.05, 4.69) is 71.7 Å². The van der Waals surface area contributed by atoms with Crippen molar-refractivity contribution in [1.29, 1.82) is 0 Å². The predicted octanol–water partition coefficient (Wildman–Crippen LogP) is 8.09. The number of aromatic nitrogens is 6. The second-order valence-corrected chi connectivity index (χ2v) is 14.4. The molecule has 296 valence electrons. The summed E-state index contributed by atoms with van der Waals surface area (Å²) in [5.74, 6) is 2.52. The Labute approximate surface area is 344 Å². The quantitative estimate of drug-likeness (QED) is 0.0418. The van der Waals surface area contributed by atoms with Gasteiger partial charge in [0.25, 0.3) is 5.56 Å². The van der Waals surface area contributed by atoms with Gasteiger partial charge in [0, 0.05) is 44.8 Å². The zero-order valence-electron chi connectivity index (χ0n) is 33.6. The molecule has 5 aromatic carbocycles. The van der Waals surface area contributed by atoms with Crippen LogP contribution in [0.2, 0.25) is 0 Å². The van der Waals surface area contributed by atoms with Crippen molar-refractivity contribution < 1.29 is 9.53 Å². The van der Waals surface area contributed by atoms with E-state index in [1.54, 1.807) is 17.2 Å². The van der Waals surface area contributed by atoms with E-state index in [1.165, 1.54) is 11.7 Å². The van der Waals surface area contributed by atoms with Crippen molar-refractivity contribution in [3.63, 3.8) is 0 Å². The maximum Gasteiger partial charge on any atom is 0.261 e. The summed E-state index contributed by atoms with van der Waals surface area (Å²) in [5.41, 5.74) is 6.66. The van der Waals surface area contributed by atoms with Crippen LogP contribution in [0.4, 0.5) is 5.95 Å². The molecule has 2 aromatic heterocycles. The van der Waals surface area contributed by atoms with Gasteiger partial charge in [-0.1, -0.05) is 153 Å². The molecule has 7 aromatic rings. The Balaban J connectivity index is 1.33. The van der Waals surface area contributed by atoms with E-state index in [0.29, 0.717) is 29.9 Å². The highest BCUT2D eigenvalue weighted by atomic mass is 16.5. The number of aryl methyl sites for hydroxylation is 1. The van der Waals surface area contributed by atoms with Gasteiger partial charge in [0.2, 0.25) is 5.95 Å². The molecule has 2 heterocycles. The van der Waals surface area contributed by atoms with Gasteiger partial charge in [-0.3, -0.25) is 4.79 Å². The maximum atomic E-state index is 14.4. The number of tetrazole rings is 1. The molecule has 0 saturated carbocycles. The third-order valence-electron chi connectivity index (χ3n) is 10.3. The van der Waals surface area contributed by atoms with Crippen molar-refractivity contribution in [3.8, 4) is 22.5 Å². The van der Waals surface area contributed by atoms with Crippen molar-refractivity contribution in [1.82, 2.24) is 34.7 Å². The standard InChI is InChI=1S/C48H46N8O3/c1-5-6-26-43-42(46(58)55(44(59-4)31-32-57)47(50-43)49-34-54(2)3)33-35-27-29-36(30-28-35)40-24-16-17-25-41(40)45-51-52-53-56(45)48(37-18-10-7-11-19-37,38-20-12-8-13-21-38)39-22-14-9-15-23-39/h7-25,27-31,34,44H,5-6,26,33H2,1-4H3. The number of benzene rings is 5. The fourth-order valence-electron chi connectivity index (χ4n) is 7.55. The van der Waals surface area contributed by atoms with Crippen LogP contribution < -0.4 is 5.56 Å². The van der Waals surface area contributed by atoms with Gasteiger partial charge in [0.05, 0.1) is 12.0 Å². The summed E-state index contributed by atoms with van der Waals surface area (Å²) in [6.07, 6.45) is 4.38. The lowest BCUT2D eigenvalue weighted by atomic mass is 9.77. The monoisotopic (exact) mass is 782 g/mol. The first-order chi connectivity index (χ1) is 28.9. The number of hydrogen-bond donors (Lipinski definition) is 0. The Kier molecular flexibility index (Phi) is 12.6. The molecule has 0 fully saturated rings. The van der Waals surface area contributed by atoms with Crippen LogP contribution in [0.25, 0.3) is 22.5 Å². The van der Waals surface area contributed by atoms with Crippen LogP contribution in [0, 0.1) is 0 Å². The molecule has 11 nitrogen and oxygen atoms in total. The minimum Gasteiger partial charge on any atom is -0.369 e. The van der Waals surface area contributed by atoms with Crippen molar-refractivity contribution in [2.24, 2.45) is 4.99 Å². The summed E-state index contributed by atoms with van der Waals surface area (Å²) in [7, 11) is 5.08. The highest BCUT2D eigenvalue weighted by Gasteiger charge is 2.42. The van der Waals surface area contributed by atoms with E-state index in [-0.39, 0.29) is 11.5 Å². The number of unbranched alkanes of at least 4 members (excludes halogenated alkanes) is 1. The number of nitrogens with zero attached hydrogens (tertiary/aromatic N) is 8. The number of methoxy groups -OCH3 is 1. The van der Waals surface area contributed by atoms with E-state index in [0.717, 1.165) is 57.9 Å². The van der Waals surface area contributed by atoms with Gasteiger partial charge >= 0.3 is 0 Å². The molecular weight excluding hydrogens is 737 g/mol. The minimum atomic E-state index is -1.03. The van der Waals surface area contributed by atoms with E-state index >= 15 is 0 Å². The maximum absolute atomic E-state index is 14.4. The Bertz CT molecular complexity index is 2520. The normalized spacial score (nSPS) is 12.0. The lowest BCUT2D eigenvalue weighted by molar-refractivity contribution is 0.0833. The Morgan fingerprint density at radius 2 is 1.39 bits per heavy atom. The van der Waals surface area contributed by atoms with Crippen molar-refractivity contribution in [2.75, 3.05) is 21.2 Å². The average Bonchev–Trinajstić information content (AvgIpc) is 3.77. The Morgan fingerprint density at radius 1 is 0.814 bits per heavy atom. The fraction of sp³-hybridized carbons (Fsp3) is 0.208. The van der Waals surface area contributed by atoms with Crippen molar-refractivity contribution in [3.05, 3.63) is 189 Å². The molecule has 59 heavy (non-hydrogen) atoms. The molecule has 0 radical (unpaired) electrons. The van der Waals surface area contributed by atoms with Crippen LogP contribution in [0.3, 0.4) is 0 Å². The highest BCUT2D eigenvalue weighted by Crippen LogP contribution is 2.43. The molecule has 11 heteroatoms. The number of rotatable bonds is 16. The van der Waals surface area contributed by atoms with Gasteiger partial charge in [-0.05, 0) is 56.6 Å². The molecule has 0 aliphatic rings. The average molecular weight is 783 g/mol. The van der Waals surface area contributed by atoms with Gasteiger partial charge in [-0.15, -0.1) is 5.10 Å². The van der Waals surface area contributed by atoms with E-state index in [1.807, 2.05) is 104 Å². The Hall–Kier alpha value is -7.07. The van der Waals surface area contributed by atoms with Crippen LogP contribution in [0.15, 0.2) is 155 Å². The zero-order chi connectivity index (χ0) is 41.2. The van der Waals surface area contributed by atoms with Crippen LogP contribution in [-0.2, 0) is 27.9 Å². The highest BCUT2D eigenvalue weighted by molar-refractivity contribution is 5.81. The predicted molar refractivity (Wildman–Crippen MR) is 231 cm³/mol. The summed E-state index contributed by atoms with van der Waals surface area (Å²) >= 11 is 0. The van der Waals surface area contributed by atoms with Gasteiger partial charge in [0.15, 0.2) is 12.1 Å². The molecule has 7 rings (SSSR count). The summed E-state index contributed by atoms with van der Waals surface area (Å²) in [6, 6.07) is 47.3. The molecular formula is C48H46N8O3. The van der Waals surface area contributed by atoms with E-state index < -0.39 is 11.8 Å². The SMILES string of the molecule is CCCCc1nc(N=CN(C)C)n(C(C=C=O)OC)c(=O)c1Cc1ccc(-c2ccccc2-c2nnnn2C(c2ccccc2)(c2ccccc2)c2ccccc2)cc1. The molecule has 0 aliphatic heterocycles. The molecule has 0 spiro atoms. The summed E-state index contributed by atoms with van der Waals surface area (Å²) in [4.78, 5) is 37.0. The summed E-state index contributed by atoms with van der Waals surface area (Å²) in [6.45, 7) is 2.10. The first kappa shape index (κ1) is 40.1. The van der Waals surface area contributed by atoms with Crippen molar-refractivity contribution >= 4 is 18.2 Å². The minimum absolute atomic E-state index is 0.155. The third-order valence-corrected chi connectivity index (χ3v) is 10.3. The smallest absolute Gasteiger partial charge is 0.261 e.